The maximum absolute atomic E-state index is 14.0. The van der Waals surface area contributed by atoms with E-state index in [1.165, 1.54) is 27.8 Å². The zero-order valence-electron chi connectivity index (χ0n) is 20.7. The van der Waals surface area contributed by atoms with Gasteiger partial charge in [-0.2, -0.15) is 4.31 Å². The molecule has 1 aliphatic heterocycles. The average molecular weight is 538 g/mol. The minimum Gasteiger partial charge on any atom is -0.283 e. The van der Waals surface area contributed by atoms with Gasteiger partial charge in [0, 0.05) is 13.1 Å². The summed E-state index contributed by atoms with van der Waals surface area (Å²) in [5.41, 5.74) is 4.11. The van der Waals surface area contributed by atoms with E-state index < -0.39 is 21.8 Å². The third-order valence-electron chi connectivity index (χ3n) is 6.86. The van der Waals surface area contributed by atoms with Crippen LogP contribution in [-0.4, -0.2) is 36.7 Å². The van der Waals surface area contributed by atoms with E-state index in [1.54, 1.807) is 4.90 Å². The van der Waals surface area contributed by atoms with Crippen LogP contribution in [0.25, 0.3) is 10.2 Å². The SMILES string of the molecule is Cc1cc2nc(N(Cc3ccccc3)C(=O)C3CCCN(S(=O)(=O)c4ccc(F)cc4)C3)sc2cc1C. The minimum absolute atomic E-state index is 0.0278. The standard InChI is InChI=1S/C28H28FN3O3S2/c1-19-15-25-26(16-20(19)2)36-28(30-25)32(17-21-7-4-3-5-8-21)27(33)22-9-6-14-31(18-22)37(34,35)24-12-10-23(29)11-13-24/h3-5,7-8,10-13,15-16,22H,6,9,14,17-18H2,1-2H3. The molecule has 0 N–H and O–H groups in total. The molecule has 1 amide bonds. The molecule has 9 heteroatoms. The van der Waals surface area contributed by atoms with E-state index in [0.29, 0.717) is 31.1 Å². The fraction of sp³-hybridized carbons (Fsp3) is 0.286. The van der Waals surface area contributed by atoms with Gasteiger partial charge in [0.1, 0.15) is 5.82 Å². The molecule has 1 fully saturated rings. The zero-order valence-corrected chi connectivity index (χ0v) is 22.4. The Morgan fingerprint density at radius 2 is 1.78 bits per heavy atom. The molecule has 1 aliphatic rings. The van der Waals surface area contributed by atoms with E-state index in [2.05, 4.69) is 13.0 Å². The molecular weight excluding hydrogens is 509 g/mol. The molecule has 2 heterocycles. The summed E-state index contributed by atoms with van der Waals surface area (Å²) in [4.78, 5) is 20.5. The van der Waals surface area contributed by atoms with Crippen LogP contribution in [0.15, 0.2) is 71.6 Å². The van der Waals surface area contributed by atoms with Crippen molar-refractivity contribution in [2.75, 3.05) is 18.0 Å². The number of hydrogen-bond acceptors (Lipinski definition) is 5. The highest BCUT2D eigenvalue weighted by Gasteiger charge is 2.36. The Kier molecular flexibility index (Phi) is 7.11. The lowest BCUT2D eigenvalue weighted by atomic mass is 9.98. The summed E-state index contributed by atoms with van der Waals surface area (Å²) in [5.74, 6) is -1.15. The second-order valence-electron chi connectivity index (χ2n) is 9.47. The molecule has 3 aromatic carbocycles. The maximum atomic E-state index is 14.0. The van der Waals surface area contributed by atoms with E-state index in [4.69, 9.17) is 4.98 Å². The van der Waals surface area contributed by atoms with Crippen LogP contribution in [0.5, 0.6) is 0 Å². The average Bonchev–Trinajstić information content (AvgIpc) is 3.30. The van der Waals surface area contributed by atoms with Gasteiger partial charge in [-0.05, 0) is 79.8 Å². The summed E-state index contributed by atoms with van der Waals surface area (Å²) in [6.45, 7) is 4.84. The molecule has 0 bridgehead atoms. The molecule has 1 saturated heterocycles. The number of rotatable bonds is 6. The third kappa shape index (κ3) is 5.30. The number of fused-ring (bicyclic) bond motifs is 1. The van der Waals surface area contributed by atoms with Crippen molar-refractivity contribution in [2.45, 2.75) is 38.1 Å². The Balaban J connectivity index is 1.46. The fourth-order valence-electron chi connectivity index (χ4n) is 4.63. The molecule has 1 aromatic heterocycles. The Morgan fingerprint density at radius 1 is 1.08 bits per heavy atom. The summed E-state index contributed by atoms with van der Waals surface area (Å²) >= 11 is 1.47. The van der Waals surface area contributed by atoms with Crippen molar-refractivity contribution < 1.29 is 17.6 Å². The van der Waals surface area contributed by atoms with E-state index in [9.17, 15) is 17.6 Å². The van der Waals surface area contributed by atoms with Gasteiger partial charge in [0.2, 0.25) is 15.9 Å². The summed E-state index contributed by atoms with van der Waals surface area (Å²) in [6.07, 6.45) is 1.15. The van der Waals surface area contributed by atoms with Crippen LogP contribution in [0.3, 0.4) is 0 Å². The van der Waals surface area contributed by atoms with Crippen LogP contribution >= 0.6 is 11.3 Å². The van der Waals surface area contributed by atoms with E-state index in [1.807, 2.05) is 43.3 Å². The highest BCUT2D eigenvalue weighted by atomic mass is 32.2. The number of aromatic nitrogens is 1. The molecule has 5 rings (SSSR count). The Morgan fingerprint density at radius 3 is 2.51 bits per heavy atom. The summed E-state index contributed by atoms with van der Waals surface area (Å²) < 4.78 is 42.2. The van der Waals surface area contributed by atoms with Crippen molar-refractivity contribution in [2.24, 2.45) is 5.92 Å². The van der Waals surface area contributed by atoms with Gasteiger partial charge in [-0.3, -0.25) is 9.69 Å². The smallest absolute Gasteiger partial charge is 0.243 e. The van der Waals surface area contributed by atoms with Gasteiger partial charge >= 0.3 is 0 Å². The predicted molar refractivity (Wildman–Crippen MR) is 145 cm³/mol. The first-order valence-corrected chi connectivity index (χ1v) is 14.5. The van der Waals surface area contributed by atoms with Gasteiger partial charge in [0.15, 0.2) is 5.13 Å². The number of benzene rings is 3. The molecule has 0 aliphatic carbocycles. The maximum Gasteiger partial charge on any atom is 0.243 e. The van der Waals surface area contributed by atoms with Gasteiger partial charge < -0.3 is 0 Å². The Bertz CT molecular complexity index is 1500. The molecule has 1 atom stereocenters. The molecule has 0 spiro atoms. The van der Waals surface area contributed by atoms with Gasteiger partial charge in [0.05, 0.1) is 27.6 Å². The van der Waals surface area contributed by atoms with Crippen LogP contribution < -0.4 is 4.90 Å². The number of halogens is 1. The summed E-state index contributed by atoms with van der Waals surface area (Å²) in [5, 5.41) is 0.604. The van der Waals surface area contributed by atoms with Crippen molar-refractivity contribution in [3.8, 4) is 0 Å². The number of anilines is 1. The molecular formula is C28H28FN3O3S2. The number of aryl methyl sites for hydroxylation is 2. The van der Waals surface area contributed by atoms with Gasteiger partial charge in [-0.15, -0.1) is 0 Å². The first kappa shape index (κ1) is 25.5. The lowest BCUT2D eigenvalue weighted by molar-refractivity contribution is -0.123. The highest BCUT2D eigenvalue weighted by Crippen LogP contribution is 2.34. The van der Waals surface area contributed by atoms with Gasteiger partial charge in [-0.25, -0.2) is 17.8 Å². The quantitative estimate of drug-likeness (QED) is 0.317. The molecule has 0 radical (unpaired) electrons. The topological polar surface area (TPSA) is 70.6 Å². The Labute approximate surface area is 220 Å². The number of nitrogens with zero attached hydrogens (tertiary/aromatic N) is 3. The number of amides is 1. The zero-order chi connectivity index (χ0) is 26.2. The van der Waals surface area contributed by atoms with Crippen molar-refractivity contribution in [1.82, 2.24) is 9.29 Å². The van der Waals surface area contributed by atoms with Crippen molar-refractivity contribution in [1.29, 1.82) is 0 Å². The number of hydrogen-bond donors (Lipinski definition) is 0. The van der Waals surface area contributed by atoms with Crippen LogP contribution in [0.2, 0.25) is 0 Å². The number of thiazole rings is 1. The molecule has 192 valence electrons. The van der Waals surface area contributed by atoms with Crippen molar-refractivity contribution >= 4 is 42.6 Å². The first-order valence-electron chi connectivity index (χ1n) is 12.2. The second-order valence-corrected chi connectivity index (χ2v) is 12.4. The summed E-state index contributed by atoms with van der Waals surface area (Å²) in [7, 11) is -3.84. The fourth-order valence-corrected chi connectivity index (χ4v) is 7.20. The monoisotopic (exact) mass is 537 g/mol. The van der Waals surface area contributed by atoms with Crippen LogP contribution in [0, 0.1) is 25.6 Å². The number of sulfonamides is 1. The van der Waals surface area contributed by atoms with E-state index in [-0.39, 0.29) is 17.3 Å². The predicted octanol–water partition coefficient (Wildman–Crippen LogP) is 5.69. The number of piperidine rings is 1. The van der Waals surface area contributed by atoms with Crippen LogP contribution in [0.1, 0.15) is 29.5 Å². The largest absolute Gasteiger partial charge is 0.283 e. The van der Waals surface area contributed by atoms with Crippen molar-refractivity contribution in [3.63, 3.8) is 0 Å². The number of carbonyl (C=O) groups excluding carboxylic acids is 1. The highest BCUT2D eigenvalue weighted by molar-refractivity contribution is 7.89. The Hall–Kier alpha value is -3.14. The van der Waals surface area contributed by atoms with E-state index >= 15 is 0 Å². The van der Waals surface area contributed by atoms with Crippen LogP contribution in [-0.2, 0) is 21.4 Å². The second kappa shape index (κ2) is 10.3. The molecule has 1 unspecified atom stereocenters. The van der Waals surface area contributed by atoms with Gasteiger partial charge in [-0.1, -0.05) is 41.7 Å². The summed E-state index contributed by atoms with van der Waals surface area (Å²) in [6, 6.07) is 18.7. The first-order chi connectivity index (χ1) is 17.7. The lowest BCUT2D eigenvalue weighted by Crippen LogP contribution is -2.46. The van der Waals surface area contributed by atoms with E-state index in [0.717, 1.165) is 39.0 Å². The lowest BCUT2D eigenvalue weighted by Gasteiger charge is -2.33. The molecule has 4 aromatic rings. The normalized spacial score (nSPS) is 16.7. The molecule has 37 heavy (non-hydrogen) atoms. The number of carbonyl (C=O) groups is 1. The third-order valence-corrected chi connectivity index (χ3v) is 9.78. The molecule has 6 nitrogen and oxygen atoms in total. The minimum atomic E-state index is -3.84. The van der Waals surface area contributed by atoms with Crippen LogP contribution in [0.4, 0.5) is 9.52 Å². The molecule has 0 saturated carbocycles. The van der Waals surface area contributed by atoms with Crippen molar-refractivity contribution in [3.05, 3.63) is 89.2 Å². The van der Waals surface area contributed by atoms with Gasteiger partial charge in [0.25, 0.3) is 0 Å².